The first-order valence-corrected chi connectivity index (χ1v) is 9.28. The van der Waals surface area contributed by atoms with Gasteiger partial charge >= 0.3 is 0 Å². The van der Waals surface area contributed by atoms with Gasteiger partial charge in [-0.25, -0.2) is 0 Å². The smallest absolute Gasteiger partial charge is 0.0419 e. The highest BCUT2D eigenvalue weighted by Crippen LogP contribution is 2.27. The predicted octanol–water partition coefficient (Wildman–Crippen LogP) is 5.66. The number of rotatable bonds is 7. The molecule has 1 aromatic heterocycles. The maximum Gasteiger partial charge on any atom is 0.0419 e. The van der Waals surface area contributed by atoms with Gasteiger partial charge in [-0.3, -0.25) is 0 Å². The Morgan fingerprint density at radius 3 is 2.50 bits per heavy atom. The van der Waals surface area contributed by atoms with E-state index in [2.05, 4.69) is 67.2 Å². The summed E-state index contributed by atoms with van der Waals surface area (Å²) >= 11 is 3.64. The maximum absolute atomic E-state index is 3.78. The van der Waals surface area contributed by atoms with Crippen LogP contribution in [0.2, 0.25) is 0 Å². The van der Waals surface area contributed by atoms with Crippen molar-refractivity contribution in [3.05, 3.63) is 52.2 Å². The fraction of sp³-hybridized carbons (Fsp3) is 0.412. The zero-order valence-electron chi connectivity index (χ0n) is 12.4. The first-order chi connectivity index (χ1) is 9.74. The molecule has 0 bridgehead atoms. The summed E-state index contributed by atoms with van der Waals surface area (Å²) in [6, 6.07) is 14.1. The van der Waals surface area contributed by atoms with Crippen molar-refractivity contribution in [1.29, 1.82) is 0 Å². The Bertz CT molecular complexity index is 490. The fourth-order valence-corrected chi connectivity index (χ4v) is 3.61. The summed E-state index contributed by atoms with van der Waals surface area (Å²) in [4.78, 5) is 2.77. The Hall–Kier alpha value is -0.770. The number of hydrogen-bond acceptors (Lipinski definition) is 3. The van der Waals surface area contributed by atoms with Crippen molar-refractivity contribution < 1.29 is 0 Å². The highest BCUT2D eigenvalue weighted by Gasteiger charge is 2.15. The van der Waals surface area contributed by atoms with Crippen LogP contribution < -0.4 is 5.32 Å². The van der Waals surface area contributed by atoms with Gasteiger partial charge in [-0.05, 0) is 48.7 Å². The molecule has 3 heteroatoms. The molecule has 0 radical (unpaired) electrons. The van der Waals surface area contributed by atoms with Crippen molar-refractivity contribution in [2.75, 3.05) is 6.26 Å². The lowest BCUT2D eigenvalue weighted by atomic mass is 10.0. The van der Waals surface area contributed by atoms with Gasteiger partial charge in [-0.15, -0.1) is 23.1 Å². The second kappa shape index (κ2) is 7.87. The lowest BCUT2D eigenvalue weighted by molar-refractivity contribution is 0.445. The number of hydrogen-bond donors (Lipinski definition) is 1. The molecule has 2 unspecified atom stereocenters. The van der Waals surface area contributed by atoms with Crippen LogP contribution in [0, 0.1) is 0 Å². The third-order valence-corrected chi connectivity index (χ3v) is 5.26. The summed E-state index contributed by atoms with van der Waals surface area (Å²) in [6.07, 6.45) is 4.51. The lowest BCUT2D eigenvalue weighted by Gasteiger charge is -2.22. The first kappa shape index (κ1) is 15.6. The Balaban J connectivity index is 2.05. The molecule has 0 fully saturated rings. The van der Waals surface area contributed by atoms with Crippen LogP contribution in [0.15, 0.2) is 46.7 Å². The van der Waals surface area contributed by atoms with Crippen molar-refractivity contribution in [2.24, 2.45) is 0 Å². The summed E-state index contributed by atoms with van der Waals surface area (Å²) in [5.74, 6) is 0. The van der Waals surface area contributed by atoms with Gasteiger partial charge in [0, 0.05) is 21.9 Å². The van der Waals surface area contributed by atoms with Crippen LogP contribution in [-0.2, 0) is 0 Å². The van der Waals surface area contributed by atoms with E-state index < -0.39 is 0 Å². The standard InChI is InChI=1S/C17H23NS2/c1-4-6-16(17-7-5-12-20-17)18-13(2)14-8-10-15(19-3)11-9-14/h5,7-13,16,18H,4,6H2,1-3H3. The summed E-state index contributed by atoms with van der Waals surface area (Å²) in [5.41, 5.74) is 1.36. The monoisotopic (exact) mass is 305 g/mol. The average Bonchev–Trinajstić information content (AvgIpc) is 3.01. The van der Waals surface area contributed by atoms with Crippen LogP contribution in [0.25, 0.3) is 0 Å². The van der Waals surface area contributed by atoms with Crippen molar-refractivity contribution in [3.63, 3.8) is 0 Å². The molecule has 0 amide bonds. The quantitative estimate of drug-likeness (QED) is 0.662. The van der Waals surface area contributed by atoms with E-state index in [1.165, 1.54) is 28.2 Å². The van der Waals surface area contributed by atoms with Crippen LogP contribution in [0.4, 0.5) is 0 Å². The van der Waals surface area contributed by atoms with E-state index in [1.807, 2.05) is 11.3 Å². The van der Waals surface area contributed by atoms with E-state index in [4.69, 9.17) is 0 Å². The SMILES string of the molecule is CCCC(NC(C)c1ccc(SC)cc1)c1cccs1. The third kappa shape index (κ3) is 4.11. The van der Waals surface area contributed by atoms with Crippen LogP contribution >= 0.6 is 23.1 Å². The van der Waals surface area contributed by atoms with Gasteiger partial charge in [-0.1, -0.05) is 31.5 Å². The molecule has 2 atom stereocenters. The van der Waals surface area contributed by atoms with E-state index in [0.717, 1.165) is 0 Å². The Kier molecular flexibility index (Phi) is 6.14. The van der Waals surface area contributed by atoms with Gasteiger partial charge in [0.05, 0.1) is 0 Å². The predicted molar refractivity (Wildman–Crippen MR) is 91.7 cm³/mol. The van der Waals surface area contributed by atoms with Crippen LogP contribution in [0.1, 0.15) is 49.2 Å². The fourth-order valence-electron chi connectivity index (χ4n) is 2.38. The van der Waals surface area contributed by atoms with Crippen LogP contribution in [0.5, 0.6) is 0 Å². The summed E-state index contributed by atoms with van der Waals surface area (Å²) < 4.78 is 0. The number of thiophene rings is 1. The first-order valence-electron chi connectivity index (χ1n) is 7.18. The topological polar surface area (TPSA) is 12.0 Å². The minimum Gasteiger partial charge on any atom is -0.303 e. The summed E-state index contributed by atoms with van der Waals surface area (Å²) in [6.45, 7) is 4.50. The van der Waals surface area contributed by atoms with E-state index in [0.29, 0.717) is 12.1 Å². The number of nitrogens with one attached hydrogen (secondary N) is 1. The third-order valence-electron chi connectivity index (χ3n) is 3.53. The molecule has 0 saturated heterocycles. The van der Waals surface area contributed by atoms with Crippen LogP contribution in [0.3, 0.4) is 0 Å². The second-order valence-electron chi connectivity index (χ2n) is 5.02. The molecule has 0 spiro atoms. The molecule has 2 rings (SSSR count). The molecule has 108 valence electrons. The highest BCUT2D eigenvalue weighted by molar-refractivity contribution is 7.98. The summed E-state index contributed by atoms with van der Waals surface area (Å²) in [7, 11) is 0. The van der Waals surface area contributed by atoms with E-state index >= 15 is 0 Å². The molecule has 1 aromatic carbocycles. The Labute approximate surface area is 130 Å². The number of thioether (sulfide) groups is 1. The molecule has 1 nitrogen and oxygen atoms in total. The lowest BCUT2D eigenvalue weighted by Crippen LogP contribution is -2.24. The van der Waals surface area contributed by atoms with Gasteiger partial charge < -0.3 is 5.32 Å². The van der Waals surface area contributed by atoms with Gasteiger partial charge in [-0.2, -0.15) is 0 Å². The Morgan fingerprint density at radius 1 is 1.20 bits per heavy atom. The van der Waals surface area contributed by atoms with Crippen molar-refractivity contribution in [3.8, 4) is 0 Å². The molecule has 20 heavy (non-hydrogen) atoms. The van der Waals surface area contributed by atoms with E-state index in [-0.39, 0.29) is 0 Å². The van der Waals surface area contributed by atoms with Gasteiger partial charge in [0.2, 0.25) is 0 Å². The zero-order valence-corrected chi connectivity index (χ0v) is 14.1. The molecule has 1 heterocycles. The molecule has 1 N–H and O–H groups in total. The number of benzene rings is 1. The molecular weight excluding hydrogens is 282 g/mol. The average molecular weight is 306 g/mol. The van der Waals surface area contributed by atoms with Crippen molar-refractivity contribution >= 4 is 23.1 Å². The Morgan fingerprint density at radius 2 is 1.95 bits per heavy atom. The molecular formula is C17H23NS2. The molecule has 0 aliphatic carbocycles. The summed E-state index contributed by atoms with van der Waals surface area (Å²) in [5, 5.41) is 5.94. The second-order valence-corrected chi connectivity index (χ2v) is 6.88. The largest absolute Gasteiger partial charge is 0.303 e. The highest BCUT2D eigenvalue weighted by atomic mass is 32.2. The van der Waals surface area contributed by atoms with Crippen molar-refractivity contribution in [1.82, 2.24) is 5.32 Å². The van der Waals surface area contributed by atoms with E-state index in [1.54, 1.807) is 11.8 Å². The van der Waals surface area contributed by atoms with Crippen LogP contribution in [-0.4, -0.2) is 6.26 Å². The van der Waals surface area contributed by atoms with Gasteiger partial charge in [0.1, 0.15) is 0 Å². The molecule has 0 aliphatic heterocycles. The van der Waals surface area contributed by atoms with E-state index in [9.17, 15) is 0 Å². The maximum atomic E-state index is 3.78. The molecule has 0 saturated carbocycles. The van der Waals surface area contributed by atoms with Crippen molar-refractivity contribution in [2.45, 2.75) is 43.7 Å². The van der Waals surface area contributed by atoms with Gasteiger partial charge in [0.25, 0.3) is 0 Å². The van der Waals surface area contributed by atoms with Gasteiger partial charge in [0.15, 0.2) is 0 Å². The minimum absolute atomic E-state index is 0.379. The molecule has 2 aromatic rings. The normalized spacial score (nSPS) is 14.2. The minimum atomic E-state index is 0.379. The molecule has 0 aliphatic rings. The zero-order chi connectivity index (χ0) is 14.4.